The first-order valence-electron chi connectivity index (χ1n) is 9.18. The van der Waals surface area contributed by atoms with Gasteiger partial charge in [0.05, 0.1) is 16.7 Å². The number of carbonyl (C=O) groups is 4. The van der Waals surface area contributed by atoms with Crippen LogP contribution in [0.2, 0.25) is 0 Å². The lowest BCUT2D eigenvalue weighted by molar-refractivity contribution is 0.0318. The van der Waals surface area contributed by atoms with Gasteiger partial charge < -0.3 is 4.74 Å². The topological polar surface area (TPSA) is 80.8 Å². The van der Waals surface area contributed by atoms with Gasteiger partial charge in [0, 0.05) is 12.1 Å². The summed E-state index contributed by atoms with van der Waals surface area (Å²) in [4.78, 5) is 50.8. The molecule has 0 saturated heterocycles. The maximum absolute atomic E-state index is 12.6. The molecule has 148 valence electrons. The van der Waals surface area contributed by atoms with Crippen LogP contribution in [0, 0.1) is 13.8 Å². The van der Waals surface area contributed by atoms with E-state index in [1.807, 2.05) is 19.9 Å². The van der Waals surface area contributed by atoms with Crippen LogP contribution in [-0.4, -0.2) is 41.1 Å². The van der Waals surface area contributed by atoms with Crippen LogP contribution in [-0.2, 0) is 4.74 Å². The number of aryl methyl sites for hydroxylation is 2. The zero-order valence-electron chi connectivity index (χ0n) is 16.5. The molecule has 2 aromatic rings. The predicted octanol–water partition coefficient (Wildman–Crippen LogP) is 3.51. The molecule has 0 fully saturated rings. The number of imide groups is 1. The fourth-order valence-electron chi connectivity index (χ4n) is 3.12. The van der Waals surface area contributed by atoms with Crippen LogP contribution in [0.3, 0.4) is 0 Å². The summed E-state index contributed by atoms with van der Waals surface area (Å²) in [6.45, 7) is 8.98. The van der Waals surface area contributed by atoms with Gasteiger partial charge in [-0.2, -0.15) is 0 Å². The molecule has 0 aromatic heterocycles. The third kappa shape index (κ3) is 3.74. The summed E-state index contributed by atoms with van der Waals surface area (Å²) in [6.07, 6.45) is 0.462. The lowest BCUT2D eigenvalue weighted by atomic mass is 10.0. The van der Waals surface area contributed by atoms with Crippen LogP contribution in [0.15, 0.2) is 49.1 Å². The monoisotopic (exact) mass is 391 g/mol. The number of carbonyl (C=O) groups excluding carboxylic acids is 4. The standard InChI is InChI=1S/C23H21NO5/c1-5-10-24-21(26)18-9-8-17(12-19(18)22(24)27)23(28)29-15(4)20(25)16-7-6-13(2)14(3)11-16/h5-9,11-12,15H,1,10H2,2-4H3/t15-/m0/s1. The van der Waals surface area contributed by atoms with Crippen LogP contribution in [0.4, 0.5) is 0 Å². The lowest BCUT2D eigenvalue weighted by Crippen LogP contribution is -2.29. The van der Waals surface area contributed by atoms with Gasteiger partial charge in [-0.05, 0) is 56.2 Å². The van der Waals surface area contributed by atoms with Gasteiger partial charge in [0.15, 0.2) is 6.10 Å². The van der Waals surface area contributed by atoms with E-state index < -0.39 is 23.9 Å². The fraction of sp³-hybridized carbons (Fsp3) is 0.217. The van der Waals surface area contributed by atoms with Gasteiger partial charge in [0.2, 0.25) is 5.78 Å². The van der Waals surface area contributed by atoms with Gasteiger partial charge in [-0.3, -0.25) is 19.3 Å². The van der Waals surface area contributed by atoms with E-state index in [1.165, 1.54) is 31.2 Å². The number of esters is 1. The van der Waals surface area contributed by atoms with Crippen LogP contribution < -0.4 is 0 Å². The Labute approximate surface area is 168 Å². The highest BCUT2D eigenvalue weighted by molar-refractivity contribution is 6.22. The molecule has 0 radical (unpaired) electrons. The van der Waals surface area contributed by atoms with E-state index in [4.69, 9.17) is 4.74 Å². The minimum absolute atomic E-state index is 0.0909. The summed E-state index contributed by atoms with van der Waals surface area (Å²) in [5.74, 6) is -1.96. The molecule has 0 spiro atoms. The number of ether oxygens (including phenoxy) is 1. The largest absolute Gasteiger partial charge is 0.451 e. The molecule has 0 unspecified atom stereocenters. The van der Waals surface area contributed by atoms with Gasteiger partial charge in [-0.25, -0.2) is 4.79 Å². The maximum atomic E-state index is 12.6. The van der Waals surface area contributed by atoms with Gasteiger partial charge >= 0.3 is 5.97 Å². The third-order valence-corrected chi connectivity index (χ3v) is 4.96. The van der Waals surface area contributed by atoms with E-state index >= 15 is 0 Å². The van der Waals surface area contributed by atoms with Crippen molar-refractivity contribution in [1.82, 2.24) is 4.90 Å². The quantitative estimate of drug-likeness (QED) is 0.326. The molecule has 2 amide bonds. The highest BCUT2D eigenvalue weighted by Gasteiger charge is 2.35. The van der Waals surface area contributed by atoms with Crippen molar-refractivity contribution in [2.24, 2.45) is 0 Å². The van der Waals surface area contributed by atoms with Crippen molar-refractivity contribution in [2.45, 2.75) is 26.9 Å². The minimum Gasteiger partial charge on any atom is -0.451 e. The number of nitrogens with zero attached hydrogens (tertiary/aromatic N) is 1. The average Bonchev–Trinajstić information content (AvgIpc) is 2.94. The Morgan fingerprint density at radius 1 is 1.00 bits per heavy atom. The van der Waals surface area contributed by atoms with Crippen LogP contribution in [0.5, 0.6) is 0 Å². The highest BCUT2D eigenvalue weighted by Crippen LogP contribution is 2.24. The second kappa shape index (κ2) is 7.83. The summed E-state index contributed by atoms with van der Waals surface area (Å²) < 4.78 is 5.30. The van der Waals surface area contributed by atoms with E-state index in [-0.39, 0.29) is 29.0 Å². The molecule has 1 aliphatic heterocycles. The van der Waals surface area contributed by atoms with Crippen molar-refractivity contribution in [3.8, 4) is 0 Å². The van der Waals surface area contributed by atoms with Crippen molar-refractivity contribution in [1.29, 1.82) is 0 Å². The second-order valence-electron chi connectivity index (χ2n) is 6.98. The normalized spacial score (nSPS) is 13.8. The van der Waals surface area contributed by atoms with Crippen LogP contribution >= 0.6 is 0 Å². The molecule has 1 heterocycles. The summed E-state index contributed by atoms with van der Waals surface area (Å²) in [6, 6.07) is 9.46. The molecule has 0 aliphatic carbocycles. The number of Topliss-reactive ketones (excluding diaryl/α,β-unsaturated/α-hetero) is 1. The Bertz CT molecular complexity index is 1050. The molecule has 0 bridgehead atoms. The summed E-state index contributed by atoms with van der Waals surface area (Å²) in [7, 11) is 0. The first-order valence-corrected chi connectivity index (χ1v) is 9.18. The molecule has 1 aliphatic rings. The van der Waals surface area contributed by atoms with Gasteiger partial charge in [-0.1, -0.05) is 18.2 Å². The lowest BCUT2D eigenvalue weighted by Gasteiger charge is -2.13. The van der Waals surface area contributed by atoms with E-state index in [1.54, 1.807) is 12.1 Å². The fourth-order valence-corrected chi connectivity index (χ4v) is 3.12. The second-order valence-corrected chi connectivity index (χ2v) is 6.98. The molecular weight excluding hydrogens is 370 g/mol. The van der Waals surface area contributed by atoms with Crippen molar-refractivity contribution >= 4 is 23.6 Å². The van der Waals surface area contributed by atoms with E-state index in [0.717, 1.165) is 16.0 Å². The van der Waals surface area contributed by atoms with Crippen molar-refractivity contribution in [3.05, 3.63) is 82.4 Å². The SMILES string of the molecule is C=CCN1C(=O)c2ccc(C(=O)O[C@@H](C)C(=O)c3ccc(C)c(C)c3)cc2C1=O. The molecule has 0 N–H and O–H groups in total. The predicted molar refractivity (Wildman–Crippen MR) is 107 cm³/mol. The molecular formula is C23H21NO5. The number of ketones is 1. The molecule has 6 nitrogen and oxygen atoms in total. The zero-order valence-corrected chi connectivity index (χ0v) is 16.5. The zero-order chi connectivity index (χ0) is 21.3. The Morgan fingerprint density at radius 3 is 2.31 bits per heavy atom. The smallest absolute Gasteiger partial charge is 0.338 e. The van der Waals surface area contributed by atoms with Crippen molar-refractivity contribution in [3.63, 3.8) is 0 Å². The molecule has 29 heavy (non-hydrogen) atoms. The Kier molecular flexibility index (Phi) is 5.46. The Morgan fingerprint density at radius 2 is 1.66 bits per heavy atom. The number of amides is 2. The highest BCUT2D eigenvalue weighted by atomic mass is 16.5. The number of benzene rings is 2. The van der Waals surface area contributed by atoms with Gasteiger partial charge in [0.25, 0.3) is 11.8 Å². The first-order chi connectivity index (χ1) is 13.7. The van der Waals surface area contributed by atoms with Gasteiger partial charge in [0.1, 0.15) is 0 Å². The Balaban J connectivity index is 1.77. The number of fused-ring (bicyclic) bond motifs is 1. The van der Waals surface area contributed by atoms with Crippen LogP contribution in [0.25, 0.3) is 0 Å². The molecule has 0 saturated carbocycles. The van der Waals surface area contributed by atoms with E-state index in [2.05, 4.69) is 6.58 Å². The van der Waals surface area contributed by atoms with Gasteiger partial charge in [-0.15, -0.1) is 6.58 Å². The Hall–Kier alpha value is -3.54. The summed E-state index contributed by atoms with van der Waals surface area (Å²) in [5, 5.41) is 0. The molecule has 3 rings (SSSR count). The van der Waals surface area contributed by atoms with Crippen molar-refractivity contribution < 1.29 is 23.9 Å². The number of hydrogen-bond acceptors (Lipinski definition) is 5. The molecule has 2 aromatic carbocycles. The molecule has 1 atom stereocenters. The summed E-state index contributed by atoms with van der Waals surface area (Å²) in [5.41, 5.74) is 2.97. The van der Waals surface area contributed by atoms with Crippen molar-refractivity contribution in [2.75, 3.05) is 6.54 Å². The third-order valence-electron chi connectivity index (χ3n) is 4.96. The van der Waals surface area contributed by atoms with E-state index in [0.29, 0.717) is 5.56 Å². The summed E-state index contributed by atoms with van der Waals surface area (Å²) >= 11 is 0. The number of rotatable bonds is 6. The molecule has 6 heteroatoms. The average molecular weight is 391 g/mol. The maximum Gasteiger partial charge on any atom is 0.338 e. The minimum atomic E-state index is -0.993. The van der Waals surface area contributed by atoms with E-state index in [9.17, 15) is 19.2 Å². The number of hydrogen-bond donors (Lipinski definition) is 0. The first kappa shape index (κ1) is 20.2. The van der Waals surface area contributed by atoms with Crippen LogP contribution in [0.1, 0.15) is 59.5 Å².